The molecule has 2 amide bonds. The second kappa shape index (κ2) is 12.4. The molecule has 1 heterocycles. The van der Waals surface area contributed by atoms with Crippen LogP contribution in [-0.2, 0) is 14.8 Å². The number of hydrogen-bond donors (Lipinski definition) is 3. The molecule has 1 aliphatic rings. The van der Waals surface area contributed by atoms with Gasteiger partial charge in [-0.05, 0) is 76.2 Å². The first kappa shape index (κ1) is 29.1. The Kier molecular flexibility index (Phi) is 9.45. The monoisotopic (exact) mass is 548 g/mol. The molecule has 208 valence electrons. The van der Waals surface area contributed by atoms with E-state index in [2.05, 4.69) is 14.9 Å². The van der Waals surface area contributed by atoms with Crippen LogP contribution in [0.1, 0.15) is 38.1 Å². The molecule has 2 aromatic rings. The summed E-state index contributed by atoms with van der Waals surface area (Å²) in [6, 6.07) is 13.1. The maximum absolute atomic E-state index is 12.7. The van der Waals surface area contributed by atoms with Gasteiger partial charge in [0.2, 0.25) is 0 Å². The molecule has 0 saturated carbocycles. The summed E-state index contributed by atoms with van der Waals surface area (Å²) in [4.78, 5) is 28.8. The van der Waals surface area contributed by atoms with Gasteiger partial charge < -0.3 is 29.7 Å². The maximum Gasteiger partial charge on any atom is 0.410 e. The van der Waals surface area contributed by atoms with Crippen molar-refractivity contribution >= 4 is 33.4 Å². The van der Waals surface area contributed by atoms with E-state index < -0.39 is 26.9 Å². The molecule has 3 rings (SSSR count). The molecular formula is C26H36N4O7S. The molecule has 2 aromatic carbocycles. The highest BCUT2D eigenvalue weighted by atomic mass is 32.2. The zero-order valence-corrected chi connectivity index (χ0v) is 23.0. The third-order valence-corrected chi connectivity index (χ3v) is 7.27. The van der Waals surface area contributed by atoms with E-state index >= 15 is 0 Å². The number of hydrogen-bond acceptors (Lipinski definition) is 8. The Hall–Kier alpha value is -3.51. The fourth-order valence-corrected chi connectivity index (χ4v) is 4.58. The average Bonchev–Trinajstić information content (AvgIpc) is 2.87. The van der Waals surface area contributed by atoms with E-state index in [0.29, 0.717) is 43.2 Å². The SMILES string of the molecule is CC(NC(=O)c1ccc(N2CCN(C(=O)OC(C)(C)C)CC2)cc1)S(=O)(=O)Nc1ccc(OCCO)cc1. The van der Waals surface area contributed by atoms with Crippen molar-refractivity contribution in [3.05, 3.63) is 54.1 Å². The molecule has 1 atom stereocenters. The van der Waals surface area contributed by atoms with E-state index in [1.165, 1.54) is 19.1 Å². The van der Waals surface area contributed by atoms with Gasteiger partial charge in [0.05, 0.1) is 6.61 Å². The largest absolute Gasteiger partial charge is 0.491 e. The third-order valence-electron chi connectivity index (χ3n) is 5.70. The lowest BCUT2D eigenvalue weighted by atomic mass is 10.1. The van der Waals surface area contributed by atoms with Crippen LogP contribution in [0.5, 0.6) is 5.75 Å². The second-order valence-electron chi connectivity index (χ2n) is 9.86. The van der Waals surface area contributed by atoms with Gasteiger partial charge in [0, 0.05) is 43.1 Å². The predicted molar refractivity (Wildman–Crippen MR) is 145 cm³/mol. The van der Waals surface area contributed by atoms with Gasteiger partial charge in [-0.2, -0.15) is 0 Å². The molecule has 3 N–H and O–H groups in total. The number of anilines is 2. The molecule has 0 bridgehead atoms. The molecule has 0 radical (unpaired) electrons. The molecule has 1 unspecified atom stereocenters. The number of carbonyl (C=O) groups excluding carboxylic acids is 2. The van der Waals surface area contributed by atoms with Gasteiger partial charge >= 0.3 is 6.09 Å². The number of aliphatic hydroxyl groups excluding tert-OH is 1. The van der Waals surface area contributed by atoms with E-state index in [-0.39, 0.29) is 19.3 Å². The van der Waals surface area contributed by atoms with Gasteiger partial charge in [-0.25, -0.2) is 13.2 Å². The van der Waals surface area contributed by atoms with Crippen LogP contribution in [0.2, 0.25) is 0 Å². The Bertz CT molecular complexity index is 1190. The number of amides is 2. The lowest BCUT2D eigenvalue weighted by Gasteiger charge is -2.36. The van der Waals surface area contributed by atoms with Crippen molar-refractivity contribution in [3.63, 3.8) is 0 Å². The summed E-state index contributed by atoms with van der Waals surface area (Å²) in [7, 11) is -3.91. The van der Waals surface area contributed by atoms with Gasteiger partial charge in [-0.1, -0.05) is 0 Å². The summed E-state index contributed by atoms with van der Waals surface area (Å²) < 4.78 is 38.5. The summed E-state index contributed by atoms with van der Waals surface area (Å²) in [5, 5.41) is 10.1. The summed E-state index contributed by atoms with van der Waals surface area (Å²) in [6.45, 7) is 9.21. The standard InChI is InChI=1S/C26H36N4O7S/c1-19(38(34,35)28-21-7-11-23(12-8-21)36-18-17-31)27-24(32)20-5-9-22(10-6-20)29-13-15-30(16-14-29)25(33)37-26(2,3)4/h5-12,19,28,31H,13-18H2,1-4H3,(H,27,32). The molecule has 0 aromatic heterocycles. The van der Waals surface area contributed by atoms with Gasteiger partial charge in [-0.3, -0.25) is 9.52 Å². The smallest absolute Gasteiger partial charge is 0.410 e. The van der Waals surface area contributed by atoms with Crippen molar-refractivity contribution in [2.24, 2.45) is 0 Å². The Morgan fingerprint density at radius 2 is 1.61 bits per heavy atom. The molecule has 11 nitrogen and oxygen atoms in total. The molecule has 1 aliphatic heterocycles. The van der Waals surface area contributed by atoms with Crippen LogP contribution < -0.4 is 19.7 Å². The number of rotatable bonds is 9. The summed E-state index contributed by atoms with van der Waals surface area (Å²) >= 11 is 0. The van der Waals surface area contributed by atoms with Crippen LogP contribution in [0, 0.1) is 0 Å². The van der Waals surface area contributed by atoms with Crippen LogP contribution in [0.25, 0.3) is 0 Å². The van der Waals surface area contributed by atoms with E-state index in [4.69, 9.17) is 14.6 Å². The third kappa shape index (κ3) is 8.25. The minimum Gasteiger partial charge on any atom is -0.491 e. The highest BCUT2D eigenvalue weighted by molar-refractivity contribution is 7.93. The normalized spacial score (nSPS) is 15.0. The molecule has 38 heavy (non-hydrogen) atoms. The first-order valence-electron chi connectivity index (χ1n) is 12.4. The predicted octanol–water partition coefficient (Wildman–Crippen LogP) is 2.63. The minimum absolute atomic E-state index is 0.124. The lowest BCUT2D eigenvalue weighted by molar-refractivity contribution is 0.0240. The first-order valence-corrected chi connectivity index (χ1v) is 13.9. The number of sulfonamides is 1. The number of piperazine rings is 1. The van der Waals surface area contributed by atoms with Crippen LogP contribution >= 0.6 is 0 Å². The zero-order chi connectivity index (χ0) is 27.9. The Balaban J connectivity index is 1.52. The number of benzene rings is 2. The van der Waals surface area contributed by atoms with Crippen LogP contribution in [0.15, 0.2) is 48.5 Å². The lowest BCUT2D eigenvalue weighted by Crippen LogP contribution is -2.50. The number of ether oxygens (including phenoxy) is 2. The van der Waals surface area contributed by atoms with E-state index in [9.17, 15) is 18.0 Å². The summed E-state index contributed by atoms with van der Waals surface area (Å²) in [5.41, 5.74) is 1.01. The fourth-order valence-electron chi connectivity index (χ4n) is 3.68. The quantitative estimate of drug-likeness (QED) is 0.435. The Labute approximate surface area is 223 Å². The van der Waals surface area contributed by atoms with E-state index in [1.54, 1.807) is 41.3 Å². The van der Waals surface area contributed by atoms with Crippen molar-refractivity contribution < 1.29 is 32.6 Å². The highest BCUT2D eigenvalue weighted by Crippen LogP contribution is 2.20. The summed E-state index contributed by atoms with van der Waals surface area (Å²) in [6.07, 6.45) is -0.327. The molecule has 0 aliphatic carbocycles. The van der Waals surface area contributed by atoms with Crippen molar-refractivity contribution in [1.82, 2.24) is 10.2 Å². The molecule has 1 fully saturated rings. The summed E-state index contributed by atoms with van der Waals surface area (Å²) in [5.74, 6) is -0.0198. The molecule has 12 heteroatoms. The average molecular weight is 549 g/mol. The van der Waals surface area contributed by atoms with Gasteiger partial charge in [0.25, 0.3) is 15.9 Å². The van der Waals surface area contributed by atoms with Gasteiger partial charge in [-0.15, -0.1) is 0 Å². The maximum atomic E-state index is 12.7. The van der Waals surface area contributed by atoms with Crippen LogP contribution in [-0.4, -0.2) is 80.8 Å². The zero-order valence-electron chi connectivity index (χ0n) is 22.1. The topological polar surface area (TPSA) is 138 Å². The van der Waals surface area contributed by atoms with Crippen LogP contribution in [0.3, 0.4) is 0 Å². The Morgan fingerprint density at radius 1 is 1.00 bits per heavy atom. The minimum atomic E-state index is -3.91. The van der Waals surface area contributed by atoms with Crippen molar-refractivity contribution in [2.45, 2.75) is 38.7 Å². The highest BCUT2D eigenvalue weighted by Gasteiger charge is 2.26. The van der Waals surface area contributed by atoms with Gasteiger partial charge in [0.15, 0.2) is 0 Å². The Morgan fingerprint density at radius 3 is 2.16 bits per heavy atom. The fraction of sp³-hybridized carbons (Fsp3) is 0.462. The van der Waals surface area contributed by atoms with Gasteiger partial charge in [0.1, 0.15) is 23.3 Å². The van der Waals surface area contributed by atoms with E-state index in [0.717, 1.165) is 5.69 Å². The number of carbonyl (C=O) groups is 2. The second-order valence-corrected chi connectivity index (χ2v) is 11.9. The number of nitrogens with one attached hydrogen (secondary N) is 2. The van der Waals surface area contributed by atoms with Crippen molar-refractivity contribution in [3.8, 4) is 5.75 Å². The van der Waals surface area contributed by atoms with Crippen molar-refractivity contribution in [1.29, 1.82) is 0 Å². The van der Waals surface area contributed by atoms with Crippen molar-refractivity contribution in [2.75, 3.05) is 49.0 Å². The number of aliphatic hydroxyl groups is 1. The number of nitrogens with zero attached hydrogens (tertiary/aromatic N) is 2. The van der Waals surface area contributed by atoms with Crippen LogP contribution in [0.4, 0.5) is 16.2 Å². The first-order chi connectivity index (χ1) is 17.9. The molecule has 1 saturated heterocycles. The molecule has 0 spiro atoms. The molecular weight excluding hydrogens is 512 g/mol. The van der Waals surface area contributed by atoms with E-state index in [1.807, 2.05) is 20.8 Å².